The van der Waals surface area contributed by atoms with Gasteiger partial charge >= 0.3 is 0 Å². The number of hydrazine groups is 1. The zero-order chi connectivity index (χ0) is 13.5. The Morgan fingerprint density at radius 3 is 2.61 bits per heavy atom. The lowest BCUT2D eigenvalue weighted by molar-refractivity contribution is 0.331. The fourth-order valence-electron chi connectivity index (χ4n) is 1.56. The Balaban J connectivity index is 2.78. The first-order valence-electron chi connectivity index (χ1n) is 6.34. The van der Waals surface area contributed by atoms with Crippen molar-refractivity contribution in [1.29, 1.82) is 0 Å². The number of nitrogens with two attached hydrogens (primary N) is 1. The van der Waals surface area contributed by atoms with Crippen molar-refractivity contribution in [3.05, 3.63) is 22.4 Å². The van der Waals surface area contributed by atoms with Crippen molar-refractivity contribution in [1.82, 2.24) is 10.3 Å². The summed E-state index contributed by atoms with van der Waals surface area (Å²) < 4.78 is 0. The molecule has 0 saturated heterocycles. The normalized spacial score (nSPS) is 12.3. The second kappa shape index (κ2) is 7.38. The largest absolute Gasteiger partial charge is 0.334 e. The van der Waals surface area contributed by atoms with E-state index < -0.39 is 0 Å². The number of thiophene rings is 1. The van der Waals surface area contributed by atoms with Crippen LogP contribution < -0.4 is 11.3 Å². The molecule has 0 bridgehead atoms. The highest BCUT2D eigenvalue weighted by atomic mass is 32.1. The predicted octanol–water partition coefficient (Wildman–Crippen LogP) is 2.43. The van der Waals surface area contributed by atoms with Crippen LogP contribution in [0.5, 0.6) is 0 Å². The van der Waals surface area contributed by atoms with Crippen molar-refractivity contribution in [2.45, 2.75) is 40.3 Å². The minimum Gasteiger partial charge on any atom is -0.334 e. The number of nitrogens with zero attached hydrogens (tertiary/aromatic N) is 2. The number of guanidine groups is 1. The van der Waals surface area contributed by atoms with E-state index in [-0.39, 0.29) is 0 Å². The molecule has 5 heteroatoms. The van der Waals surface area contributed by atoms with Crippen LogP contribution in [0.2, 0.25) is 0 Å². The molecule has 0 fully saturated rings. The summed E-state index contributed by atoms with van der Waals surface area (Å²) in [6.45, 7) is 10.2. The Labute approximate surface area is 114 Å². The molecule has 0 atom stereocenters. The molecular formula is C13H24N4S. The van der Waals surface area contributed by atoms with Gasteiger partial charge in [0.1, 0.15) is 0 Å². The van der Waals surface area contributed by atoms with Crippen LogP contribution in [0.3, 0.4) is 0 Å². The highest BCUT2D eigenvalue weighted by molar-refractivity contribution is 7.09. The fraction of sp³-hybridized carbons (Fsp3) is 0.615. The second-order valence-corrected chi connectivity index (χ2v) is 6.04. The monoisotopic (exact) mass is 268 g/mol. The smallest absolute Gasteiger partial charge is 0.208 e. The van der Waals surface area contributed by atoms with Crippen LogP contribution in [0.15, 0.2) is 22.5 Å². The van der Waals surface area contributed by atoms with E-state index in [4.69, 9.17) is 5.84 Å². The molecule has 0 radical (unpaired) electrons. The highest BCUT2D eigenvalue weighted by Crippen LogP contribution is 2.14. The predicted molar refractivity (Wildman–Crippen MR) is 79.5 cm³/mol. The Bertz CT molecular complexity index is 357. The summed E-state index contributed by atoms with van der Waals surface area (Å²) in [4.78, 5) is 8.06. The summed E-state index contributed by atoms with van der Waals surface area (Å²) in [6, 6.07) is 4.56. The summed E-state index contributed by atoms with van der Waals surface area (Å²) >= 11 is 1.76. The van der Waals surface area contributed by atoms with Crippen LogP contribution in [-0.2, 0) is 6.54 Å². The van der Waals surface area contributed by atoms with E-state index in [1.165, 1.54) is 4.88 Å². The number of hydrogen-bond acceptors (Lipinski definition) is 3. The van der Waals surface area contributed by atoms with Gasteiger partial charge in [0.15, 0.2) is 0 Å². The molecule has 1 aromatic heterocycles. The van der Waals surface area contributed by atoms with Crippen LogP contribution in [0.25, 0.3) is 0 Å². The standard InChI is InChI=1S/C13H24N4S/c1-10(2)8-15-13(16-14)17(11(3)4)9-12-6-5-7-18-12/h5-7,10-11H,8-9,14H2,1-4H3,(H,15,16). The third-order valence-corrected chi connectivity index (χ3v) is 3.40. The molecule has 0 saturated carbocycles. The van der Waals surface area contributed by atoms with E-state index in [1.54, 1.807) is 11.3 Å². The first kappa shape index (κ1) is 15.0. The average Bonchev–Trinajstić information content (AvgIpc) is 2.80. The third kappa shape index (κ3) is 4.66. The quantitative estimate of drug-likeness (QED) is 0.373. The van der Waals surface area contributed by atoms with Gasteiger partial charge in [-0.15, -0.1) is 11.3 Å². The molecule has 0 aliphatic rings. The van der Waals surface area contributed by atoms with Crippen molar-refractivity contribution < 1.29 is 0 Å². The van der Waals surface area contributed by atoms with Gasteiger partial charge in [0.05, 0.1) is 6.54 Å². The molecule has 0 amide bonds. The topological polar surface area (TPSA) is 53.6 Å². The lowest BCUT2D eigenvalue weighted by atomic mass is 10.2. The summed E-state index contributed by atoms with van der Waals surface area (Å²) in [7, 11) is 0. The Morgan fingerprint density at radius 1 is 1.44 bits per heavy atom. The van der Waals surface area contributed by atoms with Crippen molar-refractivity contribution in [2.75, 3.05) is 6.54 Å². The van der Waals surface area contributed by atoms with Gasteiger partial charge in [-0.3, -0.25) is 10.4 Å². The van der Waals surface area contributed by atoms with Gasteiger partial charge in [-0.2, -0.15) is 0 Å². The number of aliphatic imine (C=N–C) groups is 1. The van der Waals surface area contributed by atoms with E-state index in [2.05, 4.69) is 60.5 Å². The van der Waals surface area contributed by atoms with E-state index in [9.17, 15) is 0 Å². The Kier molecular flexibility index (Phi) is 6.15. The molecule has 0 unspecified atom stereocenters. The minimum absolute atomic E-state index is 0.356. The van der Waals surface area contributed by atoms with Crippen molar-refractivity contribution in [3.63, 3.8) is 0 Å². The first-order valence-corrected chi connectivity index (χ1v) is 7.22. The molecule has 1 rings (SSSR count). The summed E-state index contributed by atoms with van der Waals surface area (Å²) in [5.41, 5.74) is 2.73. The highest BCUT2D eigenvalue weighted by Gasteiger charge is 2.15. The first-order chi connectivity index (χ1) is 8.54. The molecule has 0 aliphatic heterocycles. The molecule has 18 heavy (non-hydrogen) atoms. The Hall–Kier alpha value is -1.07. The summed E-state index contributed by atoms with van der Waals surface area (Å²) in [5.74, 6) is 6.91. The van der Waals surface area contributed by atoms with Gasteiger partial charge in [0, 0.05) is 17.5 Å². The van der Waals surface area contributed by atoms with Gasteiger partial charge < -0.3 is 4.90 Å². The molecular weight excluding hydrogens is 244 g/mol. The van der Waals surface area contributed by atoms with Crippen LogP contribution in [0, 0.1) is 5.92 Å². The van der Waals surface area contributed by atoms with Gasteiger partial charge in [0.25, 0.3) is 0 Å². The lowest BCUT2D eigenvalue weighted by Crippen LogP contribution is -2.47. The average molecular weight is 268 g/mol. The maximum atomic E-state index is 5.61. The van der Waals surface area contributed by atoms with E-state index in [1.807, 2.05) is 0 Å². The maximum absolute atomic E-state index is 5.61. The van der Waals surface area contributed by atoms with Gasteiger partial charge in [0.2, 0.25) is 5.96 Å². The lowest BCUT2D eigenvalue weighted by Gasteiger charge is -2.29. The van der Waals surface area contributed by atoms with Gasteiger partial charge in [-0.05, 0) is 31.2 Å². The zero-order valence-corrected chi connectivity index (χ0v) is 12.5. The van der Waals surface area contributed by atoms with E-state index >= 15 is 0 Å². The maximum Gasteiger partial charge on any atom is 0.208 e. The van der Waals surface area contributed by atoms with E-state index in [0.29, 0.717) is 12.0 Å². The minimum atomic E-state index is 0.356. The van der Waals surface area contributed by atoms with Gasteiger partial charge in [-0.25, -0.2) is 5.84 Å². The van der Waals surface area contributed by atoms with Crippen LogP contribution in [0.4, 0.5) is 0 Å². The van der Waals surface area contributed by atoms with Crippen LogP contribution in [-0.4, -0.2) is 23.4 Å². The van der Waals surface area contributed by atoms with Gasteiger partial charge in [-0.1, -0.05) is 19.9 Å². The number of rotatable bonds is 5. The Morgan fingerprint density at radius 2 is 2.17 bits per heavy atom. The van der Waals surface area contributed by atoms with Crippen LogP contribution >= 0.6 is 11.3 Å². The fourth-order valence-corrected chi connectivity index (χ4v) is 2.26. The SMILES string of the molecule is CC(C)CN=C(NN)N(Cc1cccs1)C(C)C. The third-order valence-electron chi connectivity index (χ3n) is 2.54. The molecule has 1 aromatic rings. The molecule has 0 aromatic carbocycles. The van der Waals surface area contributed by atoms with Crippen molar-refractivity contribution >= 4 is 17.3 Å². The number of hydrogen-bond donors (Lipinski definition) is 2. The molecule has 102 valence electrons. The zero-order valence-electron chi connectivity index (χ0n) is 11.7. The molecule has 4 nitrogen and oxygen atoms in total. The second-order valence-electron chi connectivity index (χ2n) is 5.00. The molecule has 3 N–H and O–H groups in total. The van der Waals surface area contributed by atoms with Crippen molar-refractivity contribution in [2.24, 2.45) is 16.8 Å². The summed E-state index contributed by atoms with van der Waals surface area (Å²) in [5, 5.41) is 2.09. The summed E-state index contributed by atoms with van der Waals surface area (Å²) in [6.07, 6.45) is 0. The van der Waals surface area contributed by atoms with E-state index in [0.717, 1.165) is 19.0 Å². The number of nitrogens with one attached hydrogen (secondary N) is 1. The van der Waals surface area contributed by atoms with Crippen LogP contribution in [0.1, 0.15) is 32.6 Å². The van der Waals surface area contributed by atoms with Crippen molar-refractivity contribution in [3.8, 4) is 0 Å². The molecule has 1 heterocycles. The molecule has 0 spiro atoms. The molecule has 0 aliphatic carbocycles.